The highest BCUT2D eigenvalue weighted by molar-refractivity contribution is 5.72. The predicted octanol–water partition coefficient (Wildman–Crippen LogP) is -0.291. The Hall–Kier alpha value is -1.67. The first-order valence-electron chi connectivity index (χ1n) is 5.22. The smallest absolute Gasteiger partial charge is 0.320 e. The minimum Gasteiger partial charge on any atom is -0.481 e. The normalized spacial score (nSPS) is 10.0. The van der Waals surface area contributed by atoms with Gasteiger partial charge in [-0.3, -0.25) is 14.4 Å². The highest BCUT2D eigenvalue weighted by Gasteiger charge is 2.09. The maximum Gasteiger partial charge on any atom is 0.320 e. The van der Waals surface area contributed by atoms with E-state index in [9.17, 15) is 4.79 Å². The SMILES string of the molecule is CC(=O)O.CC(=O)O.NCCCCC(N)C(=O)O. The van der Waals surface area contributed by atoms with Gasteiger partial charge in [0.1, 0.15) is 6.04 Å². The number of aliphatic carboxylic acids is 3. The van der Waals surface area contributed by atoms with Crippen LogP contribution < -0.4 is 11.5 Å². The van der Waals surface area contributed by atoms with E-state index in [2.05, 4.69) is 0 Å². The Morgan fingerprint density at radius 1 is 1.00 bits per heavy atom. The van der Waals surface area contributed by atoms with E-state index < -0.39 is 23.9 Å². The quantitative estimate of drug-likeness (QED) is 0.423. The fourth-order valence-corrected chi connectivity index (χ4v) is 0.632. The van der Waals surface area contributed by atoms with Gasteiger partial charge in [0.05, 0.1) is 0 Å². The van der Waals surface area contributed by atoms with E-state index in [0.29, 0.717) is 13.0 Å². The van der Waals surface area contributed by atoms with Crippen molar-refractivity contribution in [3.05, 3.63) is 0 Å². The predicted molar refractivity (Wildman–Crippen MR) is 65.1 cm³/mol. The molecule has 0 aliphatic heterocycles. The Bertz CT molecular complexity index is 225. The molecule has 18 heavy (non-hydrogen) atoms. The van der Waals surface area contributed by atoms with Crippen molar-refractivity contribution in [2.75, 3.05) is 6.54 Å². The first-order valence-corrected chi connectivity index (χ1v) is 5.22. The summed E-state index contributed by atoms with van der Waals surface area (Å²) in [5.41, 5.74) is 10.4. The van der Waals surface area contributed by atoms with Crippen LogP contribution in [0.2, 0.25) is 0 Å². The van der Waals surface area contributed by atoms with Gasteiger partial charge in [0.25, 0.3) is 11.9 Å². The molecular formula is C10H22N2O6. The number of nitrogens with two attached hydrogens (primary N) is 2. The first-order chi connectivity index (χ1) is 8.14. The number of rotatable bonds is 5. The maximum atomic E-state index is 10.1. The zero-order valence-corrected chi connectivity index (χ0v) is 10.6. The first kappa shape index (κ1) is 21.6. The summed E-state index contributed by atoms with van der Waals surface area (Å²) >= 11 is 0. The summed E-state index contributed by atoms with van der Waals surface area (Å²) in [5, 5.41) is 23.2. The average Bonchev–Trinajstić information content (AvgIpc) is 2.15. The zero-order valence-electron chi connectivity index (χ0n) is 10.6. The lowest BCUT2D eigenvalue weighted by molar-refractivity contribution is -0.139. The molecule has 108 valence electrons. The molecule has 0 radical (unpaired) electrons. The number of hydrogen-bond donors (Lipinski definition) is 5. The molecule has 8 nitrogen and oxygen atoms in total. The Balaban J connectivity index is -0.000000233. The van der Waals surface area contributed by atoms with E-state index in [1.807, 2.05) is 0 Å². The van der Waals surface area contributed by atoms with E-state index in [1.165, 1.54) is 0 Å². The van der Waals surface area contributed by atoms with E-state index in [-0.39, 0.29) is 0 Å². The van der Waals surface area contributed by atoms with Gasteiger partial charge in [0.2, 0.25) is 0 Å². The van der Waals surface area contributed by atoms with Gasteiger partial charge in [-0.2, -0.15) is 0 Å². The van der Waals surface area contributed by atoms with Crippen LogP contribution in [0.15, 0.2) is 0 Å². The molecule has 7 N–H and O–H groups in total. The highest BCUT2D eigenvalue weighted by Crippen LogP contribution is 1.96. The summed E-state index contributed by atoms with van der Waals surface area (Å²) in [6.45, 7) is 2.77. The topological polar surface area (TPSA) is 164 Å². The van der Waals surface area contributed by atoms with Crippen molar-refractivity contribution < 1.29 is 29.7 Å². The van der Waals surface area contributed by atoms with E-state index in [4.69, 9.17) is 36.4 Å². The molecule has 0 aromatic carbocycles. The second-order valence-corrected chi connectivity index (χ2v) is 3.27. The number of carbonyl (C=O) groups is 3. The summed E-state index contributed by atoms with van der Waals surface area (Å²) < 4.78 is 0. The van der Waals surface area contributed by atoms with Crippen molar-refractivity contribution in [1.29, 1.82) is 0 Å². The van der Waals surface area contributed by atoms with Crippen LogP contribution in [0.1, 0.15) is 33.1 Å². The number of hydrogen-bond acceptors (Lipinski definition) is 5. The molecule has 0 rings (SSSR count). The van der Waals surface area contributed by atoms with Crippen molar-refractivity contribution >= 4 is 17.9 Å². The zero-order chi connectivity index (χ0) is 15.1. The molecule has 0 aliphatic rings. The minimum atomic E-state index is -0.933. The van der Waals surface area contributed by atoms with Crippen LogP contribution in [0.25, 0.3) is 0 Å². The van der Waals surface area contributed by atoms with Crippen LogP contribution in [-0.2, 0) is 14.4 Å². The van der Waals surface area contributed by atoms with Crippen LogP contribution in [0.5, 0.6) is 0 Å². The molecule has 0 heterocycles. The minimum absolute atomic E-state index is 0.520. The summed E-state index contributed by atoms with van der Waals surface area (Å²) in [6, 6.07) is -0.716. The second-order valence-electron chi connectivity index (χ2n) is 3.27. The molecule has 0 aliphatic carbocycles. The van der Waals surface area contributed by atoms with Crippen LogP contribution in [0.3, 0.4) is 0 Å². The fraction of sp³-hybridized carbons (Fsp3) is 0.700. The monoisotopic (exact) mass is 266 g/mol. The van der Waals surface area contributed by atoms with Gasteiger partial charge in [-0.25, -0.2) is 0 Å². The lowest BCUT2D eigenvalue weighted by Gasteiger charge is -2.03. The number of unbranched alkanes of at least 4 members (excludes halogenated alkanes) is 1. The lowest BCUT2D eigenvalue weighted by Crippen LogP contribution is -2.29. The van der Waals surface area contributed by atoms with Crippen molar-refractivity contribution in [2.24, 2.45) is 11.5 Å². The van der Waals surface area contributed by atoms with Gasteiger partial charge in [-0.1, -0.05) is 6.42 Å². The molecule has 1 atom stereocenters. The maximum absolute atomic E-state index is 10.1. The van der Waals surface area contributed by atoms with Crippen molar-refractivity contribution in [3.63, 3.8) is 0 Å². The van der Waals surface area contributed by atoms with Crippen molar-refractivity contribution in [1.82, 2.24) is 0 Å². The van der Waals surface area contributed by atoms with Crippen LogP contribution in [0.4, 0.5) is 0 Å². The van der Waals surface area contributed by atoms with Gasteiger partial charge in [0.15, 0.2) is 0 Å². The molecule has 0 aromatic heterocycles. The van der Waals surface area contributed by atoms with Gasteiger partial charge < -0.3 is 26.8 Å². The van der Waals surface area contributed by atoms with Gasteiger partial charge in [-0.15, -0.1) is 0 Å². The molecule has 1 unspecified atom stereocenters. The molecule has 0 aromatic rings. The van der Waals surface area contributed by atoms with E-state index in [0.717, 1.165) is 26.7 Å². The Kier molecular flexibility index (Phi) is 18.4. The molecule has 8 heteroatoms. The Morgan fingerprint density at radius 3 is 1.56 bits per heavy atom. The molecule has 0 spiro atoms. The summed E-state index contributed by atoms with van der Waals surface area (Å²) in [7, 11) is 0. The fourth-order valence-electron chi connectivity index (χ4n) is 0.632. The number of carboxylic acids is 3. The summed E-state index contributed by atoms with van der Waals surface area (Å²) in [4.78, 5) is 28.1. The molecule has 0 saturated heterocycles. The van der Waals surface area contributed by atoms with E-state index in [1.54, 1.807) is 0 Å². The third-order valence-corrected chi connectivity index (χ3v) is 1.29. The van der Waals surface area contributed by atoms with Crippen LogP contribution in [-0.4, -0.2) is 45.8 Å². The Morgan fingerprint density at radius 2 is 1.33 bits per heavy atom. The molecule has 0 fully saturated rings. The van der Waals surface area contributed by atoms with Crippen LogP contribution >= 0.6 is 0 Å². The summed E-state index contributed by atoms with van der Waals surface area (Å²) in [5.74, 6) is -2.60. The molecular weight excluding hydrogens is 244 g/mol. The Labute approximate surface area is 106 Å². The molecule has 0 amide bonds. The third kappa shape index (κ3) is 47.4. The summed E-state index contributed by atoms with van der Waals surface area (Å²) in [6.07, 6.45) is 2.16. The highest BCUT2D eigenvalue weighted by atomic mass is 16.4. The molecule has 0 saturated carbocycles. The van der Waals surface area contributed by atoms with Crippen molar-refractivity contribution in [2.45, 2.75) is 39.2 Å². The third-order valence-electron chi connectivity index (χ3n) is 1.29. The standard InChI is InChI=1S/C6H14N2O2.2C2H4O2/c7-4-2-1-3-5(8)6(9)10;2*1-2(3)4/h5H,1-4,7-8H2,(H,9,10);2*1H3,(H,3,4). The van der Waals surface area contributed by atoms with Crippen molar-refractivity contribution in [3.8, 4) is 0 Å². The molecule has 0 bridgehead atoms. The van der Waals surface area contributed by atoms with Gasteiger partial charge in [-0.05, 0) is 19.4 Å². The van der Waals surface area contributed by atoms with Gasteiger partial charge >= 0.3 is 5.97 Å². The number of carboxylic acid groups (broad SMARTS) is 3. The largest absolute Gasteiger partial charge is 0.481 e. The second kappa shape index (κ2) is 15.3. The van der Waals surface area contributed by atoms with Crippen LogP contribution in [0, 0.1) is 0 Å². The van der Waals surface area contributed by atoms with E-state index >= 15 is 0 Å². The average molecular weight is 266 g/mol. The van der Waals surface area contributed by atoms with Gasteiger partial charge in [0, 0.05) is 13.8 Å². The lowest BCUT2D eigenvalue weighted by atomic mass is 10.1.